The number of hydrogen-bond donors (Lipinski definition) is 0. The summed E-state index contributed by atoms with van der Waals surface area (Å²) < 4.78 is 13.3. The fraction of sp³-hybridized carbons (Fsp3) is 0.387. The van der Waals surface area contributed by atoms with E-state index >= 15 is 0 Å². The highest BCUT2D eigenvalue weighted by Gasteiger charge is 2.49. The van der Waals surface area contributed by atoms with E-state index in [1.807, 2.05) is 43.0 Å². The molecule has 0 saturated carbocycles. The molecular weight excluding hydrogens is 481 g/mol. The van der Waals surface area contributed by atoms with E-state index in [1.165, 1.54) is 12.1 Å². The Bertz CT molecular complexity index is 1340. The minimum atomic E-state index is -0.603. The van der Waals surface area contributed by atoms with Gasteiger partial charge in [-0.15, -0.1) is 0 Å². The van der Waals surface area contributed by atoms with Crippen LogP contribution in [0.1, 0.15) is 44.2 Å². The van der Waals surface area contributed by atoms with Crippen molar-refractivity contribution in [2.75, 3.05) is 13.1 Å². The average Bonchev–Trinajstić information content (AvgIpc) is 2.93. The third kappa shape index (κ3) is 5.02. The number of amides is 3. The molecule has 5 rings (SSSR count). The summed E-state index contributed by atoms with van der Waals surface area (Å²) in [7, 11) is 0. The van der Waals surface area contributed by atoms with Crippen LogP contribution in [-0.2, 0) is 27.3 Å². The number of nitrogens with zero attached hydrogens (tertiary/aromatic N) is 3. The molecule has 2 fully saturated rings. The number of rotatable bonds is 7. The number of carbonyl (C=O) groups excluding carboxylic acids is 3. The van der Waals surface area contributed by atoms with Gasteiger partial charge in [0.1, 0.15) is 18.0 Å². The Hall–Kier alpha value is -3.74. The first kappa shape index (κ1) is 25.9. The third-order valence-electron chi connectivity index (χ3n) is 8.07. The molecule has 38 heavy (non-hydrogen) atoms. The molecule has 0 aromatic heterocycles. The molecule has 0 unspecified atom stereocenters. The van der Waals surface area contributed by atoms with E-state index in [0.717, 1.165) is 28.3 Å². The zero-order valence-electron chi connectivity index (χ0n) is 22.0. The topological polar surface area (TPSA) is 60.9 Å². The van der Waals surface area contributed by atoms with Crippen molar-refractivity contribution in [3.05, 3.63) is 83.7 Å². The number of carbonyl (C=O) groups is 3. The first-order valence-corrected chi connectivity index (χ1v) is 13.5. The Labute approximate surface area is 223 Å². The molecule has 3 atom stereocenters. The van der Waals surface area contributed by atoms with Crippen LogP contribution in [0.15, 0.2) is 66.7 Å². The van der Waals surface area contributed by atoms with Crippen LogP contribution in [0.2, 0.25) is 0 Å². The quantitative estimate of drug-likeness (QED) is 0.456. The molecule has 0 bridgehead atoms. The lowest BCUT2D eigenvalue weighted by molar-refractivity contribution is -0.177. The van der Waals surface area contributed by atoms with Gasteiger partial charge in [0.2, 0.25) is 17.7 Å². The van der Waals surface area contributed by atoms with E-state index in [2.05, 4.69) is 18.2 Å². The molecule has 6 nitrogen and oxygen atoms in total. The number of benzene rings is 3. The summed E-state index contributed by atoms with van der Waals surface area (Å²) in [5, 5.41) is 2.21. The number of aryl methyl sites for hydroxylation is 1. The highest BCUT2D eigenvalue weighted by Crippen LogP contribution is 2.32. The summed E-state index contributed by atoms with van der Waals surface area (Å²) >= 11 is 0. The number of piperazine rings is 1. The summed E-state index contributed by atoms with van der Waals surface area (Å²) in [6.45, 7) is 5.07. The maximum absolute atomic E-state index is 13.9. The number of hydrogen-bond acceptors (Lipinski definition) is 3. The van der Waals surface area contributed by atoms with Gasteiger partial charge in [-0.1, -0.05) is 74.9 Å². The number of fused-ring (bicyclic) bond motifs is 2. The lowest BCUT2D eigenvalue weighted by Gasteiger charge is -2.53. The molecule has 0 aliphatic carbocycles. The molecule has 3 aromatic carbocycles. The Kier molecular flexibility index (Phi) is 7.45. The zero-order chi connectivity index (χ0) is 26.8. The van der Waals surface area contributed by atoms with Crippen molar-refractivity contribution in [1.82, 2.24) is 14.7 Å². The van der Waals surface area contributed by atoms with Gasteiger partial charge in [0.15, 0.2) is 0 Å². The molecule has 3 amide bonds. The van der Waals surface area contributed by atoms with Crippen LogP contribution in [0.5, 0.6) is 0 Å². The first-order chi connectivity index (χ1) is 18.4. The van der Waals surface area contributed by atoms with Gasteiger partial charge in [0.05, 0.1) is 6.54 Å². The monoisotopic (exact) mass is 515 g/mol. The standard InChI is InChI=1S/C31H34FN3O3/c1-3-21(2)30-31(38)33(19-24-9-6-8-23-7-4-5-10-26(23)24)20-27-34(18-17-29(37)35(27)30)28(36)16-13-22-11-14-25(32)15-12-22/h4-12,14-15,21,27,30H,3,13,16-20H2,1-2H3/t21-,27+,30-/m0/s1. The highest BCUT2D eigenvalue weighted by atomic mass is 19.1. The van der Waals surface area contributed by atoms with Gasteiger partial charge in [0.25, 0.3) is 0 Å². The summed E-state index contributed by atoms with van der Waals surface area (Å²) in [5.41, 5.74) is 1.93. The van der Waals surface area contributed by atoms with Crippen LogP contribution < -0.4 is 0 Å². The van der Waals surface area contributed by atoms with Crippen molar-refractivity contribution < 1.29 is 18.8 Å². The maximum atomic E-state index is 13.9. The fourth-order valence-corrected chi connectivity index (χ4v) is 5.79. The predicted octanol–water partition coefficient (Wildman–Crippen LogP) is 4.76. The van der Waals surface area contributed by atoms with Crippen LogP contribution in [0.4, 0.5) is 4.39 Å². The average molecular weight is 516 g/mol. The normalized spacial score (nSPS) is 20.6. The number of halogens is 1. The fourth-order valence-electron chi connectivity index (χ4n) is 5.79. The van der Waals surface area contributed by atoms with Gasteiger partial charge in [-0.05, 0) is 46.4 Å². The Morgan fingerprint density at radius 3 is 2.53 bits per heavy atom. The summed E-state index contributed by atoms with van der Waals surface area (Å²) in [5.74, 6) is -0.532. The molecular formula is C31H34FN3O3. The van der Waals surface area contributed by atoms with Crippen LogP contribution in [0.25, 0.3) is 10.8 Å². The minimum Gasteiger partial charge on any atom is -0.333 e. The summed E-state index contributed by atoms with van der Waals surface area (Å²) in [4.78, 5) is 45.9. The van der Waals surface area contributed by atoms with Crippen LogP contribution >= 0.6 is 0 Å². The van der Waals surface area contributed by atoms with Gasteiger partial charge in [-0.2, -0.15) is 0 Å². The van der Waals surface area contributed by atoms with E-state index in [9.17, 15) is 18.8 Å². The Morgan fingerprint density at radius 2 is 1.76 bits per heavy atom. The summed E-state index contributed by atoms with van der Waals surface area (Å²) in [6, 6.07) is 19.8. The van der Waals surface area contributed by atoms with E-state index in [4.69, 9.17) is 0 Å². The van der Waals surface area contributed by atoms with Crippen molar-refractivity contribution in [1.29, 1.82) is 0 Å². The second kappa shape index (κ2) is 10.9. The lowest BCUT2D eigenvalue weighted by Crippen LogP contribution is -2.72. The summed E-state index contributed by atoms with van der Waals surface area (Å²) in [6.07, 6.45) is 1.21. The van der Waals surface area contributed by atoms with E-state index < -0.39 is 12.2 Å². The lowest BCUT2D eigenvalue weighted by atomic mass is 9.91. The van der Waals surface area contributed by atoms with Gasteiger partial charge in [-0.3, -0.25) is 14.4 Å². The molecule has 2 saturated heterocycles. The van der Waals surface area contributed by atoms with Gasteiger partial charge in [0, 0.05) is 25.9 Å². The van der Waals surface area contributed by atoms with Crippen molar-refractivity contribution in [3.8, 4) is 0 Å². The first-order valence-electron chi connectivity index (χ1n) is 13.5. The van der Waals surface area contributed by atoms with Crippen molar-refractivity contribution in [3.63, 3.8) is 0 Å². The van der Waals surface area contributed by atoms with Gasteiger partial charge >= 0.3 is 0 Å². The molecule has 7 heteroatoms. The van der Waals surface area contributed by atoms with Crippen molar-refractivity contribution >= 4 is 28.5 Å². The van der Waals surface area contributed by atoms with Gasteiger partial charge < -0.3 is 14.7 Å². The molecule has 0 spiro atoms. The van der Waals surface area contributed by atoms with Crippen molar-refractivity contribution in [2.24, 2.45) is 5.92 Å². The molecule has 0 N–H and O–H groups in total. The second-order valence-electron chi connectivity index (χ2n) is 10.4. The zero-order valence-corrected chi connectivity index (χ0v) is 22.0. The van der Waals surface area contributed by atoms with E-state index in [-0.39, 0.29) is 48.8 Å². The van der Waals surface area contributed by atoms with E-state index in [0.29, 0.717) is 19.5 Å². The van der Waals surface area contributed by atoms with Crippen molar-refractivity contribution in [2.45, 2.75) is 58.3 Å². The predicted molar refractivity (Wildman–Crippen MR) is 144 cm³/mol. The Morgan fingerprint density at radius 1 is 1.03 bits per heavy atom. The van der Waals surface area contributed by atoms with Crippen LogP contribution in [-0.4, -0.2) is 57.7 Å². The maximum Gasteiger partial charge on any atom is 0.246 e. The largest absolute Gasteiger partial charge is 0.333 e. The van der Waals surface area contributed by atoms with Gasteiger partial charge in [-0.25, -0.2) is 4.39 Å². The molecule has 0 radical (unpaired) electrons. The molecule has 2 heterocycles. The second-order valence-corrected chi connectivity index (χ2v) is 10.4. The molecule has 3 aromatic rings. The molecule has 2 aliphatic rings. The highest BCUT2D eigenvalue weighted by molar-refractivity contribution is 5.92. The smallest absolute Gasteiger partial charge is 0.246 e. The SMILES string of the molecule is CC[C@H](C)[C@H]1C(=O)N(Cc2cccc3ccccc23)C[C@@H]2N(C(=O)CCc3ccc(F)cc3)CCC(=O)N12. The Balaban J connectivity index is 1.42. The van der Waals surface area contributed by atoms with Crippen LogP contribution in [0, 0.1) is 11.7 Å². The third-order valence-corrected chi connectivity index (χ3v) is 8.07. The van der Waals surface area contributed by atoms with Crippen LogP contribution in [0.3, 0.4) is 0 Å². The molecule has 198 valence electrons. The minimum absolute atomic E-state index is 0.0430. The molecule has 2 aliphatic heterocycles. The van der Waals surface area contributed by atoms with E-state index in [1.54, 1.807) is 21.9 Å².